The number of aromatic nitrogens is 2. The Morgan fingerprint density at radius 1 is 1.11 bits per heavy atom. The molecular weight excluding hydrogens is 488 g/mol. The van der Waals surface area contributed by atoms with Gasteiger partial charge in [0.25, 0.3) is 5.88 Å². The molecule has 3 aromatic rings. The minimum atomic E-state index is -0.280. The van der Waals surface area contributed by atoms with Crippen LogP contribution in [0.3, 0.4) is 0 Å². The highest BCUT2D eigenvalue weighted by molar-refractivity contribution is 6.29. The van der Waals surface area contributed by atoms with Crippen molar-refractivity contribution in [1.82, 2.24) is 19.8 Å². The van der Waals surface area contributed by atoms with E-state index < -0.39 is 0 Å². The van der Waals surface area contributed by atoms with Gasteiger partial charge in [-0.15, -0.1) is 0 Å². The predicted octanol–water partition coefficient (Wildman–Crippen LogP) is 3.58. The van der Waals surface area contributed by atoms with E-state index in [1.807, 2.05) is 39.2 Å². The molecule has 0 radical (unpaired) electrons. The van der Waals surface area contributed by atoms with Crippen molar-refractivity contribution in [3.63, 3.8) is 0 Å². The standard InChI is InChI=1S/C24H31ClN6O5/c1-5-34-23-21(26-19-15-20(25)36-22(19)28-23)27-24(32)31-8-6-30(7-9-31)16-12-17(33-4)14-18(13-16)35-11-10-29(2)3/h12-15H,5-11H2,1-4H3,(H,26,27,32). The molecule has 0 unspecified atom stereocenters. The van der Waals surface area contributed by atoms with Gasteiger partial charge in [0.2, 0.25) is 5.71 Å². The Kier molecular flexibility index (Phi) is 8.21. The van der Waals surface area contributed by atoms with Gasteiger partial charge in [0.1, 0.15) is 23.6 Å². The lowest BCUT2D eigenvalue weighted by atomic mass is 10.2. The van der Waals surface area contributed by atoms with Crippen LogP contribution in [0, 0.1) is 0 Å². The molecule has 1 N–H and O–H groups in total. The summed E-state index contributed by atoms with van der Waals surface area (Å²) >= 11 is 5.92. The average Bonchev–Trinajstić information content (AvgIpc) is 3.22. The van der Waals surface area contributed by atoms with Crippen LogP contribution in [0.5, 0.6) is 17.4 Å². The highest BCUT2D eigenvalue weighted by atomic mass is 35.5. The first-order valence-corrected chi connectivity index (χ1v) is 12.1. The highest BCUT2D eigenvalue weighted by Gasteiger charge is 2.24. The Morgan fingerprint density at radius 3 is 2.56 bits per heavy atom. The van der Waals surface area contributed by atoms with E-state index in [2.05, 4.69) is 25.1 Å². The topological polar surface area (TPSA) is 105 Å². The number of halogens is 1. The van der Waals surface area contributed by atoms with Crippen LogP contribution in [0.1, 0.15) is 6.92 Å². The maximum absolute atomic E-state index is 13.0. The zero-order valence-corrected chi connectivity index (χ0v) is 21.7. The summed E-state index contributed by atoms with van der Waals surface area (Å²) in [6.07, 6.45) is 0. The molecule has 1 aliphatic heterocycles. The van der Waals surface area contributed by atoms with E-state index in [1.165, 1.54) is 0 Å². The van der Waals surface area contributed by atoms with E-state index in [-0.39, 0.29) is 28.7 Å². The molecule has 1 aliphatic rings. The Hall–Kier alpha value is -3.44. The van der Waals surface area contributed by atoms with Crippen LogP contribution >= 0.6 is 11.6 Å². The van der Waals surface area contributed by atoms with Gasteiger partial charge in [-0.2, -0.15) is 4.98 Å². The van der Waals surface area contributed by atoms with Gasteiger partial charge in [0, 0.05) is 62.7 Å². The number of hydrogen-bond acceptors (Lipinski definition) is 9. The molecule has 1 saturated heterocycles. The van der Waals surface area contributed by atoms with Gasteiger partial charge >= 0.3 is 6.03 Å². The smallest absolute Gasteiger partial charge is 0.323 e. The van der Waals surface area contributed by atoms with E-state index in [1.54, 1.807) is 18.1 Å². The molecule has 2 aromatic heterocycles. The molecule has 4 rings (SSSR count). The second-order valence-electron chi connectivity index (χ2n) is 8.47. The molecule has 11 nitrogen and oxygen atoms in total. The molecule has 3 heterocycles. The second-order valence-corrected chi connectivity index (χ2v) is 8.85. The van der Waals surface area contributed by atoms with E-state index in [9.17, 15) is 4.79 Å². The molecule has 36 heavy (non-hydrogen) atoms. The van der Waals surface area contributed by atoms with Crippen molar-refractivity contribution in [2.45, 2.75) is 6.92 Å². The number of piperazine rings is 1. The van der Waals surface area contributed by atoms with Crippen LogP contribution in [-0.4, -0.2) is 92.9 Å². The number of carbonyl (C=O) groups excluding carboxylic acids is 1. The minimum absolute atomic E-state index is 0.163. The Labute approximate surface area is 214 Å². The largest absolute Gasteiger partial charge is 0.497 e. The van der Waals surface area contributed by atoms with E-state index >= 15 is 0 Å². The quantitative estimate of drug-likeness (QED) is 0.455. The molecule has 0 bridgehead atoms. The molecule has 194 valence electrons. The summed E-state index contributed by atoms with van der Waals surface area (Å²) in [5.74, 6) is 1.88. The van der Waals surface area contributed by atoms with Crippen molar-refractivity contribution >= 4 is 40.4 Å². The van der Waals surface area contributed by atoms with Crippen molar-refractivity contribution in [2.24, 2.45) is 0 Å². The molecule has 1 fully saturated rings. The number of fused-ring (bicyclic) bond motifs is 1. The second kappa shape index (κ2) is 11.5. The molecule has 1 aromatic carbocycles. The fraction of sp³-hybridized carbons (Fsp3) is 0.458. The van der Waals surface area contributed by atoms with Crippen molar-refractivity contribution in [1.29, 1.82) is 0 Å². The lowest BCUT2D eigenvalue weighted by molar-refractivity contribution is 0.207. The summed E-state index contributed by atoms with van der Waals surface area (Å²) in [6, 6.07) is 7.12. The SMILES string of the molecule is CCOc1nc2oc(Cl)cc2nc1NC(=O)N1CCN(c2cc(OC)cc(OCCN(C)C)c2)CC1. The van der Waals surface area contributed by atoms with Crippen LogP contribution in [0.15, 0.2) is 28.7 Å². The number of rotatable bonds is 9. The number of furan rings is 1. The van der Waals surface area contributed by atoms with Gasteiger partial charge < -0.3 is 33.3 Å². The van der Waals surface area contributed by atoms with Crippen LogP contribution in [0.25, 0.3) is 11.2 Å². The van der Waals surface area contributed by atoms with Crippen molar-refractivity contribution in [3.05, 3.63) is 29.5 Å². The van der Waals surface area contributed by atoms with Gasteiger partial charge in [-0.25, -0.2) is 9.78 Å². The third kappa shape index (κ3) is 6.21. The van der Waals surface area contributed by atoms with Gasteiger partial charge in [-0.3, -0.25) is 5.32 Å². The van der Waals surface area contributed by atoms with Gasteiger partial charge in [-0.1, -0.05) is 0 Å². The molecule has 0 spiro atoms. The zero-order valence-electron chi connectivity index (χ0n) is 20.9. The van der Waals surface area contributed by atoms with E-state index in [0.717, 1.165) is 23.7 Å². The first-order chi connectivity index (χ1) is 17.4. The van der Waals surface area contributed by atoms with Crippen molar-refractivity contribution in [2.75, 3.05) is 77.4 Å². The molecule has 2 amide bonds. The lowest BCUT2D eigenvalue weighted by Gasteiger charge is -2.36. The van der Waals surface area contributed by atoms with Gasteiger partial charge in [0.05, 0.1) is 13.7 Å². The number of nitrogens with zero attached hydrogens (tertiary/aromatic N) is 5. The third-order valence-corrected chi connectivity index (χ3v) is 5.83. The number of likely N-dealkylation sites (N-methyl/N-ethyl adjacent to an activating group) is 1. The number of carbonyl (C=O) groups is 1. The molecular formula is C24H31ClN6O5. The maximum Gasteiger partial charge on any atom is 0.323 e. The first-order valence-electron chi connectivity index (χ1n) is 11.7. The number of urea groups is 1. The van der Waals surface area contributed by atoms with Crippen LogP contribution < -0.4 is 24.4 Å². The monoisotopic (exact) mass is 518 g/mol. The number of methoxy groups -OCH3 is 1. The molecule has 0 atom stereocenters. The first kappa shape index (κ1) is 25.6. The number of hydrogen-bond donors (Lipinski definition) is 1. The molecule has 0 aliphatic carbocycles. The highest BCUT2D eigenvalue weighted by Crippen LogP contribution is 2.30. The predicted molar refractivity (Wildman–Crippen MR) is 138 cm³/mol. The summed E-state index contributed by atoms with van der Waals surface area (Å²) in [5, 5.41) is 2.98. The maximum atomic E-state index is 13.0. The lowest BCUT2D eigenvalue weighted by Crippen LogP contribution is -2.50. The van der Waals surface area contributed by atoms with Crippen LogP contribution in [-0.2, 0) is 0 Å². The number of nitrogens with one attached hydrogen (secondary N) is 1. The van der Waals surface area contributed by atoms with Gasteiger partial charge in [0.15, 0.2) is 11.0 Å². The zero-order chi connectivity index (χ0) is 25.7. The minimum Gasteiger partial charge on any atom is -0.497 e. The average molecular weight is 519 g/mol. The van der Waals surface area contributed by atoms with Gasteiger partial charge in [-0.05, 0) is 32.6 Å². The fourth-order valence-electron chi connectivity index (χ4n) is 3.77. The number of anilines is 2. The van der Waals surface area contributed by atoms with Crippen molar-refractivity contribution in [3.8, 4) is 17.4 Å². The van der Waals surface area contributed by atoms with Crippen LogP contribution in [0.2, 0.25) is 5.22 Å². The normalized spacial score (nSPS) is 13.8. The third-order valence-electron chi connectivity index (χ3n) is 5.65. The van der Waals surface area contributed by atoms with Crippen LogP contribution in [0.4, 0.5) is 16.3 Å². The summed E-state index contributed by atoms with van der Waals surface area (Å²) < 4.78 is 22.2. The number of benzene rings is 1. The van der Waals surface area contributed by atoms with Crippen molar-refractivity contribution < 1.29 is 23.4 Å². The van der Waals surface area contributed by atoms with E-state index in [0.29, 0.717) is 44.9 Å². The van der Waals surface area contributed by atoms with E-state index in [4.69, 9.17) is 30.2 Å². The summed E-state index contributed by atoms with van der Waals surface area (Å²) in [4.78, 5) is 27.7. The molecule has 0 saturated carbocycles. The summed E-state index contributed by atoms with van der Waals surface area (Å²) in [7, 11) is 5.65. The Balaban J connectivity index is 1.40. The Morgan fingerprint density at radius 2 is 1.86 bits per heavy atom. The summed E-state index contributed by atoms with van der Waals surface area (Å²) in [6.45, 7) is 5.93. The summed E-state index contributed by atoms with van der Waals surface area (Å²) in [5.41, 5.74) is 1.67. The number of amides is 2. The molecule has 12 heteroatoms. The number of ether oxygens (including phenoxy) is 3. The Bertz CT molecular complexity index is 1200. The fourth-order valence-corrected chi connectivity index (χ4v) is 3.95.